The Kier molecular flexibility index (Phi) is 5.03. The summed E-state index contributed by atoms with van der Waals surface area (Å²) in [5, 5.41) is 3.80. The van der Waals surface area contributed by atoms with Gasteiger partial charge in [0.25, 0.3) is 5.91 Å². The highest BCUT2D eigenvalue weighted by atomic mass is 79.9. The highest BCUT2D eigenvalue weighted by Crippen LogP contribution is 2.22. The Morgan fingerprint density at radius 3 is 2.91 bits per heavy atom. The molecule has 23 heavy (non-hydrogen) atoms. The third kappa shape index (κ3) is 3.95. The molecule has 1 amide bonds. The SMILES string of the molecule is O=C(NCCCc1nc2ccccc2s1)c1cc(Br)ccc1F. The lowest BCUT2D eigenvalue weighted by Crippen LogP contribution is -2.25. The first-order chi connectivity index (χ1) is 11.1. The van der Waals surface area contributed by atoms with Crippen molar-refractivity contribution in [2.75, 3.05) is 6.54 Å². The molecule has 6 heteroatoms. The highest BCUT2D eigenvalue weighted by Gasteiger charge is 2.11. The number of fused-ring (bicyclic) bond motifs is 1. The Hall–Kier alpha value is -1.79. The predicted octanol–water partition coefficient (Wildman–Crippen LogP) is 4.56. The number of aromatic nitrogens is 1. The molecule has 0 saturated carbocycles. The zero-order valence-corrected chi connectivity index (χ0v) is 14.6. The molecule has 3 aromatic rings. The molecule has 1 heterocycles. The summed E-state index contributed by atoms with van der Waals surface area (Å²) in [6.45, 7) is 0.487. The number of carbonyl (C=O) groups is 1. The summed E-state index contributed by atoms with van der Waals surface area (Å²) in [4.78, 5) is 16.5. The number of aryl methyl sites for hydroxylation is 1. The number of para-hydroxylation sites is 1. The smallest absolute Gasteiger partial charge is 0.254 e. The molecule has 0 aliphatic heterocycles. The largest absolute Gasteiger partial charge is 0.352 e. The molecule has 118 valence electrons. The van der Waals surface area contributed by atoms with Crippen LogP contribution in [0.15, 0.2) is 46.9 Å². The van der Waals surface area contributed by atoms with Gasteiger partial charge in [0, 0.05) is 17.4 Å². The molecule has 1 N–H and O–H groups in total. The molecular formula is C17H14BrFN2OS. The average Bonchev–Trinajstić information content (AvgIpc) is 2.96. The molecule has 1 aromatic heterocycles. The van der Waals surface area contributed by atoms with Crippen LogP contribution in [-0.2, 0) is 6.42 Å². The van der Waals surface area contributed by atoms with Crippen LogP contribution in [0.1, 0.15) is 21.8 Å². The number of nitrogens with one attached hydrogen (secondary N) is 1. The van der Waals surface area contributed by atoms with Crippen molar-refractivity contribution < 1.29 is 9.18 Å². The maximum atomic E-state index is 13.6. The minimum atomic E-state index is -0.517. The van der Waals surface area contributed by atoms with Crippen LogP contribution < -0.4 is 5.32 Å². The molecule has 0 saturated heterocycles. The zero-order chi connectivity index (χ0) is 16.2. The lowest BCUT2D eigenvalue weighted by atomic mass is 10.2. The van der Waals surface area contributed by atoms with Crippen molar-refractivity contribution in [3.63, 3.8) is 0 Å². The van der Waals surface area contributed by atoms with Crippen LogP contribution in [0, 0.1) is 5.82 Å². The monoisotopic (exact) mass is 392 g/mol. The third-order valence-electron chi connectivity index (χ3n) is 3.36. The summed E-state index contributed by atoms with van der Waals surface area (Å²) in [6, 6.07) is 12.3. The molecule has 0 unspecified atom stereocenters. The summed E-state index contributed by atoms with van der Waals surface area (Å²) in [5.41, 5.74) is 1.06. The number of amides is 1. The Morgan fingerprint density at radius 1 is 1.26 bits per heavy atom. The molecule has 0 radical (unpaired) electrons. The van der Waals surface area contributed by atoms with E-state index in [0.717, 1.165) is 23.4 Å². The average molecular weight is 393 g/mol. The fourth-order valence-corrected chi connectivity index (χ4v) is 3.61. The molecule has 0 aliphatic carbocycles. The van der Waals surface area contributed by atoms with E-state index in [1.807, 2.05) is 24.3 Å². The van der Waals surface area contributed by atoms with Crippen molar-refractivity contribution in [3.05, 3.63) is 63.3 Å². The van der Waals surface area contributed by atoms with Crippen LogP contribution in [0.2, 0.25) is 0 Å². The summed E-state index contributed by atoms with van der Waals surface area (Å²) < 4.78 is 15.5. The van der Waals surface area contributed by atoms with Gasteiger partial charge in [0.2, 0.25) is 0 Å². The van der Waals surface area contributed by atoms with E-state index in [9.17, 15) is 9.18 Å². The second-order valence-corrected chi connectivity index (χ2v) is 7.09. The number of thiazole rings is 1. The van der Waals surface area contributed by atoms with E-state index in [1.165, 1.54) is 16.8 Å². The Labute approximate surface area is 145 Å². The van der Waals surface area contributed by atoms with Crippen molar-refractivity contribution in [1.29, 1.82) is 0 Å². The maximum absolute atomic E-state index is 13.6. The number of hydrogen-bond donors (Lipinski definition) is 1. The topological polar surface area (TPSA) is 42.0 Å². The fraction of sp³-hybridized carbons (Fsp3) is 0.176. The normalized spacial score (nSPS) is 10.9. The first kappa shape index (κ1) is 16.1. The van der Waals surface area contributed by atoms with Gasteiger partial charge in [0.15, 0.2) is 0 Å². The van der Waals surface area contributed by atoms with Gasteiger partial charge in [0.05, 0.1) is 20.8 Å². The van der Waals surface area contributed by atoms with Gasteiger partial charge in [-0.3, -0.25) is 4.79 Å². The molecule has 0 fully saturated rings. The Morgan fingerprint density at radius 2 is 2.09 bits per heavy atom. The molecular weight excluding hydrogens is 379 g/mol. The number of rotatable bonds is 5. The number of benzene rings is 2. The van der Waals surface area contributed by atoms with Gasteiger partial charge in [-0.25, -0.2) is 9.37 Å². The van der Waals surface area contributed by atoms with Gasteiger partial charge < -0.3 is 5.32 Å². The van der Waals surface area contributed by atoms with Crippen LogP contribution >= 0.6 is 27.3 Å². The van der Waals surface area contributed by atoms with Crippen molar-refractivity contribution in [2.24, 2.45) is 0 Å². The highest BCUT2D eigenvalue weighted by molar-refractivity contribution is 9.10. The number of nitrogens with zero attached hydrogens (tertiary/aromatic N) is 1. The number of carbonyl (C=O) groups excluding carboxylic acids is 1. The van der Waals surface area contributed by atoms with Crippen molar-refractivity contribution >= 4 is 43.4 Å². The van der Waals surface area contributed by atoms with Crippen molar-refractivity contribution in [2.45, 2.75) is 12.8 Å². The number of halogens is 2. The van der Waals surface area contributed by atoms with E-state index < -0.39 is 11.7 Å². The molecule has 0 aliphatic rings. The molecule has 2 aromatic carbocycles. The van der Waals surface area contributed by atoms with Crippen LogP contribution in [0.4, 0.5) is 4.39 Å². The van der Waals surface area contributed by atoms with E-state index in [2.05, 4.69) is 26.2 Å². The summed E-state index contributed by atoms with van der Waals surface area (Å²) in [6.07, 6.45) is 1.56. The van der Waals surface area contributed by atoms with E-state index in [0.29, 0.717) is 11.0 Å². The van der Waals surface area contributed by atoms with Crippen LogP contribution in [0.5, 0.6) is 0 Å². The first-order valence-corrected chi connectivity index (χ1v) is 8.82. The Bertz CT molecular complexity index is 816. The van der Waals surface area contributed by atoms with Gasteiger partial charge in [0.1, 0.15) is 5.82 Å². The van der Waals surface area contributed by atoms with Crippen molar-refractivity contribution in [3.8, 4) is 0 Å². The van der Waals surface area contributed by atoms with Crippen molar-refractivity contribution in [1.82, 2.24) is 10.3 Å². The molecule has 3 rings (SSSR count). The van der Waals surface area contributed by atoms with Gasteiger partial charge >= 0.3 is 0 Å². The zero-order valence-electron chi connectivity index (χ0n) is 12.2. The number of hydrogen-bond acceptors (Lipinski definition) is 3. The van der Waals surface area contributed by atoms with Gasteiger partial charge in [-0.15, -0.1) is 11.3 Å². The van der Waals surface area contributed by atoms with E-state index >= 15 is 0 Å². The lowest BCUT2D eigenvalue weighted by Gasteiger charge is -2.06. The van der Waals surface area contributed by atoms with Crippen LogP contribution in [-0.4, -0.2) is 17.4 Å². The molecule has 0 bridgehead atoms. The van der Waals surface area contributed by atoms with E-state index in [-0.39, 0.29) is 5.56 Å². The summed E-state index contributed by atoms with van der Waals surface area (Å²) >= 11 is 4.91. The molecule has 0 spiro atoms. The summed E-state index contributed by atoms with van der Waals surface area (Å²) in [7, 11) is 0. The Balaban J connectivity index is 1.53. The lowest BCUT2D eigenvalue weighted by molar-refractivity contribution is 0.0949. The second-order valence-electron chi connectivity index (χ2n) is 5.06. The molecule has 0 atom stereocenters. The quantitative estimate of drug-likeness (QED) is 0.646. The molecule has 3 nitrogen and oxygen atoms in total. The fourth-order valence-electron chi connectivity index (χ4n) is 2.24. The standard InChI is InChI=1S/C17H14BrFN2OS/c18-11-7-8-13(19)12(10-11)17(22)20-9-3-6-16-21-14-4-1-2-5-15(14)23-16/h1-2,4-5,7-8,10H,3,6,9H2,(H,20,22). The van der Waals surface area contributed by atoms with E-state index in [1.54, 1.807) is 17.4 Å². The first-order valence-electron chi connectivity index (χ1n) is 7.21. The van der Waals surface area contributed by atoms with Gasteiger partial charge in [-0.05, 0) is 36.8 Å². The van der Waals surface area contributed by atoms with Crippen LogP contribution in [0.3, 0.4) is 0 Å². The summed E-state index contributed by atoms with van der Waals surface area (Å²) in [5.74, 6) is -0.912. The third-order valence-corrected chi connectivity index (χ3v) is 4.95. The predicted molar refractivity (Wildman–Crippen MR) is 94.4 cm³/mol. The van der Waals surface area contributed by atoms with Crippen LogP contribution in [0.25, 0.3) is 10.2 Å². The second kappa shape index (κ2) is 7.19. The maximum Gasteiger partial charge on any atom is 0.254 e. The minimum absolute atomic E-state index is 0.0550. The minimum Gasteiger partial charge on any atom is -0.352 e. The van der Waals surface area contributed by atoms with E-state index in [4.69, 9.17) is 0 Å². The van der Waals surface area contributed by atoms with Gasteiger partial charge in [-0.1, -0.05) is 28.1 Å². The van der Waals surface area contributed by atoms with Gasteiger partial charge in [-0.2, -0.15) is 0 Å².